The Hall–Kier alpha value is -2.35. The van der Waals surface area contributed by atoms with Gasteiger partial charge in [-0.15, -0.1) is 11.3 Å². The van der Waals surface area contributed by atoms with Crippen molar-refractivity contribution in [2.45, 2.75) is 18.6 Å². The molecule has 0 bridgehead atoms. The van der Waals surface area contributed by atoms with E-state index < -0.39 is 5.79 Å². The van der Waals surface area contributed by atoms with Gasteiger partial charge in [-0.25, -0.2) is 9.37 Å². The maximum absolute atomic E-state index is 13.9. The Morgan fingerprint density at radius 3 is 2.64 bits per heavy atom. The molecule has 0 saturated carbocycles. The van der Waals surface area contributed by atoms with Gasteiger partial charge in [-0.05, 0) is 35.7 Å². The highest BCUT2D eigenvalue weighted by atomic mass is 32.1. The SMILES string of the molecule is O=C(c1cc(-c2cccs2)nc2ccc(F)cc12)N1CCC2(CC1)OCCO2. The molecular weight excluding hydrogens is 379 g/mol. The molecule has 1 spiro atoms. The molecule has 7 heteroatoms. The first-order valence-electron chi connectivity index (χ1n) is 9.35. The number of carbonyl (C=O) groups excluding carboxylic acids is 1. The fraction of sp³-hybridized carbons (Fsp3) is 0.333. The molecule has 1 aromatic carbocycles. The van der Waals surface area contributed by atoms with Crippen molar-refractivity contribution in [3.05, 3.63) is 53.2 Å². The lowest BCUT2D eigenvalue weighted by molar-refractivity contribution is -0.181. The number of aromatic nitrogens is 1. The first-order valence-corrected chi connectivity index (χ1v) is 10.2. The summed E-state index contributed by atoms with van der Waals surface area (Å²) in [5, 5.41) is 2.51. The van der Waals surface area contributed by atoms with Crippen LogP contribution in [-0.2, 0) is 9.47 Å². The molecular formula is C21H19FN2O3S. The van der Waals surface area contributed by atoms with Crippen LogP contribution in [0.25, 0.3) is 21.5 Å². The molecule has 144 valence electrons. The summed E-state index contributed by atoms with van der Waals surface area (Å²) in [6.45, 7) is 2.30. The van der Waals surface area contributed by atoms with Crippen LogP contribution in [0, 0.1) is 5.82 Å². The van der Waals surface area contributed by atoms with Crippen LogP contribution >= 0.6 is 11.3 Å². The Kier molecular flexibility index (Phi) is 4.38. The molecule has 0 N–H and O–H groups in total. The van der Waals surface area contributed by atoms with Crippen LogP contribution in [-0.4, -0.2) is 47.9 Å². The fourth-order valence-electron chi connectivity index (χ4n) is 3.93. The molecule has 0 unspecified atom stereocenters. The summed E-state index contributed by atoms with van der Waals surface area (Å²) in [7, 11) is 0. The number of carbonyl (C=O) groups is 1. The number of hydrogen-bond acceptors (Lipinski definition) is 5. The molecule has 0 aliphatic carbocycles. The smallest absolute Gasteiger partial charge is 0.254 e. The minimum Gasteiger partial charge on any atom is -0.347 e. The summed E-state index contributed by atoms with van der Waals surface area (Å²) in [5.74, 6) is -1.02. The van der Waals surface area contributed by atoms with Gasteiger partial charge in [0.2, 0.25) is 0 Å². The van der Waals surface area contributed by atoms with Gasteiger partial charge >= 0.3 is 0 Å². The minimum atomic E-state index is -0.536. The number of benzene rings is 1. The predicted molar refractivity (Wildman–Crippen MR) is 105 cm³/mol. The van der Waals surface area contributed by atoms with Crippen LogP contribution in [0.15, 0.2) is 41.8 Å². The van der Waals surface area contributed by atoms with E-state index in [0.717, 1.165) is 10.6 Å². The monoisotopic (exact) mass is 398 g/mol. The zero-order valence-corrected chi connectivity index (χ0v) is 16.0. The van der Waals surface area contributed by atoms with Crippen LogP contribution in [0.1, 0.15) is 23.2 Å². The second-order valence-electron chi connectivity index (χ2n) is 7.09. The molecule has 4 heterocycles. The predicted octanol–water partition coefficient (Wildman–Crippen LogP) is 4.08. The van der Waals surface area contributed by atoms with Gasteiger partial charge in [0, 0.05) is 31.3 Å². The Morgan fingerprint density at radius 2 is 1.93 bits per heavy atom. The third kappa shape index (κ3) is 3.09. The Morgan fingerprint density at radius 1 is 1.14 bits per heavy atom. The molecule has 2 aromatic heterocycles. The summed E-state index contributed by atoms with van der Waals surface area (Å²) in [5.41, 5.74) is 1.83. The average Bonchev–Trinajstić information content (AvgIpc) is 3.40. The number of amides is 1. The zero-order valence-electron chi connectivity index (χ0n) is 15.2. The Balaban J connectivity index is 1.51. The average molecular weight is 398 g/mol. The van der Waals surface area contributed by atoms with Crippen molar-refractivity contribution in [1.29, 1.82) is 0 Å². The second-order valence-corrected chi connectivity index (χ2v) is 8.04. The van der Waals surface area contributed by atoms with E-state index in [0.29, 0.717) is 55.6 Å². The molecule has 2 saturated heterocycles. The lowest BCUT2D eigenvalue weighted by Gasteiger charge is -2.37. The van der Waals surface area contributed by atoms with Gasteiger partial charge in [-0.2, -0.15) is 0 Å². The number of thiophene rings is 1. The van der Waals surface area contributed by atoms with Gasteiger partial charge in [0.1, 0.15) is 5.82 Å². The van der Waals surface area contributed by atoms with Gasteiger partial charge in [0.25, 0.3) is 5.91 Å². The summed E-state index contributed by atoms with van der Waals surface area (Å²) in [6, 6.07) is 10.1. The van der Waals surface area contributed by atoms with Crippen molar-refractivity contribution in [3.8, 4) is 10.6 Å². The van der Waals surface area contributed by atoms with Crippen molar-refractivity contribution < 1.29 is 18.7 Å². The highest BCUT2D eigenvalue weighted by molar-refractivity contribution is 7.13. The maximum atomic E-state index is 13.9. The molecule has 0 atom stereocenters. The maximum Gasteiger partial charge on any atom is 0.254 e. The largest absolute Gasteiger partial charge is 0.347 e. The van der Waals surface area contributed by atoms with Gasteiger partial charge in [-0.1, -0.05) is 6.07 Å². The second kappa shape index (κ2) is 6.92. The number of halogens is 1. The van der Waals surface area contributed by atoms with Crippen molar-refractivity contribution in [2.75, 3.05) is 26.3 Å². The van der Waals surface area contributed by atoms with E-state index in [1.54, 1.807) is 28.4 Å². The summed E-state index contributed by atoms with van der Waals surface area (Å²) >= 11 is 1.56. The standard InChI is InChI=1S/C21H19FN2O3S/c22-14-3-4-17-15(12-14)16(13-18(23-17)19-2-1-11-28-19)20(25)24-7-5-21(6-8-24)26-9-10-27-21/h1-4,11-13H,5-10H2. The Labute approximate surface area is 165 Å². The van der Waals surface area contributed by atoms with Crippen molar-refractivity contribution in [1.82, 2.24) is 9.88 Å². The van der Waals surface area contributed by atoms with Crippen LogP contribution in [0.3, 0.4) is 0 Å². The number of likely N-dealkylation sites (tertiary alicyclic amines) is 1. The molecule has 2 aliphatic rings. The normalized spacial score (nSPS) is 18.8. The quantitative estimate of drug-likeness (QED) is 0.653. The molecule has 2 aliphatic heterocycles. The van der Waals surface area contributed by atoms with Crippen LogP contribution in [0.2, 0.25) is 0 Å². The van der Waals surface area contributed by atoms with E-state index >= 15 is 0 Å². The third-order valence-corrected chi connectivity index (χ3v) is 6.29. The van der Waals surface area contributed by atoms with Gasteiger partial charge in [-0.3, -0.25) is 4.79 Å². The van der Waals surface area contributed by atoms with Crippen molar-refractivity contribution in [3.63, 3.8) is 0 Å². The van der Waals surface area contributed by atoms with Crippen LogP contribution in [0.5, 0.6) is 0 Å². The number of hydrogen-bond donors (Lipinski definition) is 0. The summed E-state index contributed by atoms with van der Waals surface area (Å²) in [4.78, 5) is 20.8. The molecule has 2 fully saturated rings. The van der Waals surface area contributed by atoms with E-state index in [1.165, 1.54) is 12.1 Å². The van der Waals surface area contributed by atoms with E-state index in [-0.39, 0.29) is 11.7 Å². The van der Waals surface area contributed by atoms with E-state index in [9.17, 15) is 9.18 Å². The van der Waals surface area contributed by atoms with Crippen LogP contribution in [0.4, 0.5) is 4.39 Å². The van der Waals surface area contributed by atoms with E-state index in [4.69, 9.17) is 9.47 Å². The first kappa shape index (κ1) is 17.7. The highest BCUT2D eigenvalue weighted by Crippen LogP contribution is 2.33. The van der Waals surface area contributed by atoms with Gasteiger partial charge in [0.05, 0.1) is 34.9 Å². The van der Waals surface area contributed by atoms with Crippen molar-refractivity contribution in [2.24, 2.45) is 0 Å². The van der Waals surface area contributed by atoms with Crippen molar-refractivity contribution >= 4 is 28.1 Å². The number of fused-ring (bicyclic) bond motifs is 1. The first-order chi connectivity index (χ1) is 13.6. The van der Waals surface area contributed by atoms with Crippen LogP contribution < -0.4 is 0 Å². The molecule has 5 nitrogen and oxygen atoms in total. The number of rotatable bonds is 2. The molecule has 3 aromatic rings. The number of ether oxygens (including phenoxy) is 2. The lowest BCUT2D eigenvalue weighted by Crippen LogP contribution is -2.47. The Bertz CT molecular complexity index is 1020. The zero-order chi connectivity index (χ0) is 19.1. The molecule has 0 radical (unpaired) electrons. The van der Waals surface area contributed by atoms with E-state index in [2.05, 4.69) is 4.98 Å². The number of pyridine rings is 1. The molecule has 28 heavy (non-hydrogen) atoms. The molecule has 5 rings (SSSR count). The number of nitrogens with zero attached hydrogens (tertiary/aromatic N) is 2. The van der Waals surface area contributed by atoms with Gasteiger partial charge in [0.15, 0.2) is 5.79 Å². The third-order valence-electron chi connectivity index (χ3n) is 5.40. The minimum absolute atomic E-state index is 0.108. The van der Waals surface area contributed by atoms with E-state index in [1.807, 2.05) is 17.5 Å². The fourth-order valence-corrected chi connectivity index (χ4v) is 4.62. The summed E-state index contributed by atoms with van der Waals surface area (Å²) < 4.78 is 25.4. The van der Waals surface area contributed by atoms with Gasteiger partial charge < -0.3 is 14.4 Å². The highest BCUT2D eigenvalue weighted by Gasteiger charge is 2.41. The lowest BCUT2D eigenvalue weighted by atomic mass is 10.0. The number of piperidine rings is 1. The molecule has 1 amide bonds. The topological polar surface area (TPSA) is 51.7 Å². The summed E-state index contributed by atoms with van der Waals surface area (Å²) in [6.07, 6.45) is 1.29.